The molecule has 1 aliphatic carbocycles. The van der Waals surface area contributed by atoms with Crippen molar-refractivity contribution < 1.29 is 0 Å². The van der Waals surface area contributed by atoms with Gasteiger partial charge in [-0.05, 0) is 38.8 Å². The number of rotatable bonds is 2. The standard InChI is InChI=1S/C15H27N3/c1-12-11-18(2)9-8-14(12)17-15-7-5-3-4-6-13(15)10-16/h12-15,17H,3-9,11H2,1-2H3. The Labute approximate surface area is 112 Å². The Morgan fingerprint density at radius 2 is 1.89 bits per heavy atom. The molecule has 0 aromatic heterocycles. The van der Waals surface area contributed by atoms with E-state index < -0.39 is 0 Å². The summed E-state index contributed by atoms with van der Waals surface area (Å²) in [5.41, 5.74) is 0. The SMILES string of the molecule is CC1CN(C)CCC1NC1CCCCCC1C#N. The Morgan fingerprint density at radius 3 is 2.61 bits per heavy atom. The Bertz CT molecular complexity index is 297. The number of likely N-dealkylation sites (tertiary alicyclic amines) is 1. The van der Waals surface area contributed by atoms with Gasteiger partial charge in [0.15, 0.2) is 0 Å². The largest absolute Gasteiger partial charge is 0.310 e. The molecule has 0 spiro atoms. The summed E-state index contributed by atoms with van der Waals surface area (Å²) < 4.78 is 0. The first kappa shape index (κ1) is 13.8. The summed E-state index contributed by atoms with van der Waals surface area (Å²) in [4.78, 5) is 2.41. The van der Waals surface area contributed by atoms with Gasteiger partial charge in [0.05, 0.1) is 12.0 Å². The van der Waals surface area contributed by atoms with Crippen LogP contribution in [0, 0.1) is 23.2 Å². The molecule has 4 unspecified atom stereocenters. The van der Waals surface area contributed by atoms with Gasteiger partial charge in [0.2, 0.25) is 0 Å². The van der Waals surface area contributed by atoms with Crippen LogP contribution in [0.2, 0.25) is 0 Å². The second-order valence-corrected chi connectivity index (χ2v) is 6.28. The quantitative estimate of drug-likeness (QED) is 0.764. The third-order valence-electron chi connectivity index (χ3n) is 4.72. The zero-order valence-corrected chi connectivity index (χ0v) is 11.9. The van der Waals surface area contributed by atoms with E-state index in [1.54, 1.807) is 0 Å². The minimum Gasteiger partial charge on any atom is -0.310 e. The fourth-order valence-corrected chi connectivity index (χ4v) is 3.54. The van der Waals surface area contributed by atoms with E-state index in [0.29, 0.717) is 18.0 Å². The van der Waals surface area contributed by atoms with Crippen LogP contribution in [-0.2, 0) is 0 Å². The second kappa shape index (κ2) is 6.54. The molecule has 1 heterocycles. The predicted molar refractivity (Wildman–Crippen MR) is 74.2 cm³/mol. The van der Waals surface area contributed by atoms with Crippen LogP contribution in [0.25, 0.3) is 0 Å². The second-order valence-electron chi connectivity index (χ2n) is 6.28. The van der Waals surface area contributed by atoms with E-state index >= 15 is 0 Å². The third kappa shape index (κ3) is 3.46. The van der Waals surface area contributed by atoms with Crippen molar-refractivity contribution in [2.75, 3.05) is 20.1 Å². The van der Waals surface area contributed by atoms with Crippen LogP contribution in [0.5, 0.6) is 0 Å². The molecule has 18 heavy (non-hydrogen) atoms. The van der Waals surface area contributed by atoms with Crippen molar-refractivity contribution in [3.63, 3.8) is 0 Å². The van der Waals surface area contributed by atoms with Gasteiger partial charge >= 0.3 is 0 Å². The summed E-state index contributed by atoms with van der Waals surface area (Å²) in [5.74, 6) is 0.936. The van der Waals surface area contributed by atoms with Crippen LogP contribution in [0.4, 0.5) is 0 Å². The molecule has 0 radical (unpaired) electrons. The molecule has 1 aliphatic heterocycles. The molecular weight excluding hydrogens is 222 g/mol. The van der Waals surface area contributed by atoms with Gasteiger partial charge < -0.3 is 10.2 Å². The van der Waals surface area contributed by atoms with Gasteiger partial charge in [0.25, 0.3) is 0 Å². The Balaban J connectivity index is 1.92. The van der Waals surface area contributed by atoms with Crippen molar-refractivity contribution in [1.29, 1.82) is 5.26 Å². The maximum atomic E-state index is 9.33. The van der Waals surface area contributed by atoms with Crippen LogP contribution in [-0.4, -0.2) is 37.1 Å². The summed E-state index contributed by atoms with van der Waals surface area (Å²) in [5, 5.41) is 13.1. The molecule has 1 N–H and O–H groups in total. The van der Waals surface area contributed by atoms with Gasteiger partial charge in [-0.3, -0.25) is 0 Å². The molecule has 2 rings (SSSR count). The summed E-state index contributed by atoms with van der Waals surface area (Å²) in [6.07, 6.45) is 7.34. The van der Waals surface area contributed by atoms with Crippen LogP contribution >= 0.6 is 0 Å². The number of piperidine rings is 1. The molecule has 0 bridgehead atoms. The van der Waals surface area contributed by atoms with E-state index in [0.717, 1.165) is 6.42 Å². The monoisotopic (exact) mass is 249 g/mol. The Kier molecular flexibility index (Phi) is 5.03. The lowest BCUT2D eigenvalue weighted by atomic mass is 9.90. The summed E-state index contributed by atoms with van der Waals surface area (Å²) in [6.45, 7) is 4.71. The molecular formula is C15H27N3. The van der Waals surface area contributed by atoms with Gasteiger partial charge in [-0.2, -0.15) is 5.26 Å². The minimum atomic E-state index is 0.236. The number of hydrogen-bond acceptors (Lipinski definition) is 3. The van der Waals surface area contributed by atoms with Crippen LogP contribution in [0.1, 0.15) is 45.4 Å². The first-order valence-electron chi connectivity index (χ1n) is 7.55. The van der Waals surface area contributed by atoms with Crippen molar-refractivity contribution in [3.8, 4) is 6.07 Å². The average molecular weight is 249 g/mol. The van der Waals surface area contributed by atoms with E-state index in [-0.39, 0.29) is 5.92 Å². The van der Waals surface area contributed by atoms with Crippen molar-refractivity contribution in [2.45, 2.75) is 57.5 Å². The molecule has 102 valence electrons. The van der Waals surface area contributed by atoms with Crippen molar-refractivity contribution >= 4 is 0 Å². The third-order valence-corrected chi connectivity index (χ3v) is 4.72. The van der Waals surface area contributed by atoms with Crippen molar-refractivity contribution in [3.05, 3.63) is 0 Å². The van der Waals surface area contributed by atoms with Crippen LogP contribution < -0.4 is 5.32 Å². The zero-order valence-electron chi connectivity index (χ0n) is 11.9. The maximum Gasteiger partial charge on any atom is 0.0672 e. The summed E-state index contributed by atoms with van der Waals surface area (Å²) in [7, 11) is 2.20. The lowest BCUT2D eigenvalue weighted by Crippen LogP contribution is -2.51. The molecule has 0 aromatic rings. The average Bonchev–Trinajstić information content (AvgIpc) is 2.57. The van der Waals surface area contributed by atoms with Gasteiger partial charge in [-0.15, -0.1) is 0 Å². The highest BCUT2D eigenvalue weighted by Gasteiger charge is 2.30. The fourth-order valence-electron chi connectivity index (χ4n) is 3.54. The molecule has 3 heteroatoms. The topological polar surface area (TPSA) is 39.1 Å². The van der Waals surface area contributed by atoms with E-state index in [1.165, 1.54) is 45.2 Å². The lowest BCUT2D eigenvalue weighted by Gasteiger charge is -2.38. The Morgan fingerprint density at radius 1 is 1.11 bits per heavy atom. The first-order valence-corrected chi connectivity index (χ1v) is 7.55. The molecule has 0 amide bonds. The Hall–Kier alpha value is -0.590. The molecule has 1 saturated carbocycles. The van der Waals surface area contributed by atoms with Gasteiger partial charge in [0.1, 0.15) is 0 Å². The number of nitriles is 1. The highest BCUT2D eigenvalue weighted by atomic mass is 15.1. The molecule has 3 nitrogen and oxygen atoms in total. The smallest absolute Gasteiger partial charge is 0.0672 e. The molecule has 0 aromatic carbocycles. The lowest BCUT2D eigenvalue weighted by molar-refractivity contribution is 0.158. The first-order chi connectivity index (χ1) is 8.70. The number of nitrogens with zero attached hydrogens (tertiary/aromatic N) is 2. The molecule has 1 saturated heterocycles. The molecule has 2 fully saturated rings. The predicted octanol–water partition coefficient (Wildman–Crippen LogP) is 2.39. The summed E-state index contributed by atoms with van der Waals surface area (Å²) in [6, 6.07) is 3.58. The normalized spacial score (nSPS) is 38.9. The van der Waals surface area contributed by atoms with E-state index in [1.807, 2.05) is 0 Å². The summed E-state index contributed by atoms with van der Waals surface area (Å²) >= 11 is 0. The number of nitrogens with one attached hydrogen (secondary N) is 1. The molecule has 4 atom stereocenters. The highest BCUT2D eigenvalue weighted by molar-refractivity contribution is 4.96. The van der Waals surface area contributed by atoms with Gasteiger partial charge in [-0.25, -0.2) is 0 Å². The highest BCUT2D eigenvalue weighted by Crippen LogP contribution is 2.25. The number of hydrogen-bond donors (Lipinski definition) is 1. The van der Waals surface area contributed by atoms with E-state index in [9.17, 15) is 5.26 Å². The minimum absolute atomic E-state index is 0.236. The fraction of sp³-hybridized carbons (Fsp3) is 0.933. The zero-order chi connectivity index (χ0) is 13.0. The van der Waals surface area contributed by atoms with Crippen LogP contribution in [0.3, 0.4) is 0 Å². The van der Waals surface area contributed by atoms with E-state index in [2.05, 4.69) is 30.3 Å². The van der Waals surface area contributed by atoms with Gasteiger partial charge in [-0.1, -0.05) is 26.2 Å². The van der Waals surface area contributed by atoms with E-state index in [4.69, 9.17) is 0 Å². The van der Waals surface area contributed by atoms with Gasteiger partial charge in [0, 0.05) is 18.6 Å². The van der Waals surface area contributed by atoms with Crippen molar-refractivity contribution in [1.82, 2.24) is 10.2 Å². The van der Waals surface area contributed by atoms with Crippen molar-refractivity contribution in [2.24, 2.45) is 11.8 Å². The maximum absolute atomic E-state index is 9.33. The molecule has 2 aliphatic rings. The van der Waals surface area contributed by atoms with Crippen LogP contribution in [0.15, 0.2) is 0 Å².